The van der Waals surface area contributed by atoms with Crippen LogP contribution in [-0.2, 0) is 19.1 Å². The molecule has 0 atom stereocenters. The van der Waals surface area contributed by atoms with Gasteiger partial charge < -0.3 is 19.3 Å². The summed E-state index contributed by atoms with van der Waals surface area (Å²) in [6.07, 6.45) is 0.366. The van der Waals surface area contributed by atoms with Crippen molar-refractivity contribution in [3.63, 3.8) is 0 Å². The number of nitrogens with zero attached hydrogens (tertiary/aromatic N) is 5. The minimum absolute atomic E-state index is 0.0208. The van der Waals surface area contributed by atoms with E-state index in [0.717, 1.165) is 0 Å². The molecule has 1 N–H and O–H groups in total. The number of rotatable bonds is 4. The molecular formula is C23H26N6O5S. The average Bonchev–Trinajstić information content (AvgIpc) is 2.78. The van der Waals surface area contributed by atoms with Gasteiger partial charge in [0, 0.05) is 31.2 Å². The third-order valence-electron chi connectivity index (χ3n) is 5.30. The van der Waals surface area contributed by atoms with Gasteiger partial charge in [-0.1, -0.05) is 12.1 Å². The summed E-state index contributed by atoms with van der Waals surface area (Å²) in [7, 11) is -2.60. The Hall–Kier alpha value is -3.80. The first-order valence-corrected chi connectivity index (χ1v) is 12.3. The van der Waals surface area contributed by atoms with E-state index in [9.17, 15) is 18.0 Å². The van der Waals surface area contributed by atoms with Crippen molar-refractivity contribution in [2.45, 2.75) is 31.2 Å². The molecule has 3 aromatic rings. The van der Waals surface area contributed by atoms with Gasteiger partial charge in [-0.3, -0.25) is 4.79 Å². The molecule has 1 aliphatic heterocycles. The standard InChI is InChI=1S/C23H26N6O5S/c1-23(2,3)27-22(31)34-35(32,33)16-7-5-6-15(12-16)17-8-9-18-20(26-17)21(25-14-24-18)29-11-10-28(4)19(30)13-29/h5-9,12,14H,10-11,13H2,1-4H3,(H,27,31). The first-order chi connectivity index (χ1) is 16.4. The van der Waals surface area contributed by atoms with Gasteiger partial charge in [0.2, 0.25) is 5.91 Å². The molecule has 35 heavy (non-hydrogen) atoms. The number of piperazine rings is 1. The Morgan fingerprint density at radius 1 is 1.11 bits per heavy atom. The molecule has 0 saturated carbocycles. The van der Waals surface area contributed by atoms with Crippen LogP contribution in [0.5, 0.6) is 0 Å². The van der Waals surface area contributed by atoms with E-state index in [1.807, 2.05) is 4.90 Å². The zero-order valence-electron chi connectivity index (χ0n) is 19.8. The number of carbonyl (C=O) groups is 2. The number of hydrogen-bond donors (Lipinski definition) is 1. The van der Waals surface area contributed by atoms with Crippen molar-refractivity contribution in [2.75, 3.05) is 31.6 Å². The second kappa shape index (κ2) is 9.10. The van der Waals surface area contributed by atoms with Crippen molar-refractivity contribution in [2.24, 2.45) is 0 Å². The molecular weight excluding hydrogens is 472 g/mol. The van der Waals surface area contributed by atoms with Crippen molar-refractivity contribution >= 4 is 39.0 Å². The van der Waals surface area contributed by atoms with E-state index in [2.05, 4.69) is 15.3 Å². The number of aromatic nitrogens is 3. The zero-order chi connectivity index (χ0) is 25.4. The minimum atomic E-state index is -4.36. The Labute approximate surface area is 203 Å². The largest absolute Gasteiger partial charge is 0.423 e. The Kier molecular flexibility index (Phi) is 6.32. The molecule has 2 aromatic heterocycles. The van der Waals surface area contributed by atoms with Gasteiger partial charge in [-0.25, -0.2) is 19.7 Å². The molecule has 1 fully saturated rings. The SMILES string of the molecule is CN1CCN(c2ncnc3ccc(-c4cccc(S(=O)(=O)OC(=O)NC(C)(C)C)c4)nc23)CC1=O. The van der Waals surface area contributed by atoms with Crippen LogP contribution in [-0.4, -0.2) is 72.5 Å². The lowest BCUT2D eigenvalue weighted by atomic mass is 10.1. The predicted molar refractivity (Wildman–Crippen MR) is 129 cm³/mol. The smallest absolute Gasteiger partial charge is 0.344 e. The second-order valence-electron chi connectivity index (χ2n) is 9.23. The molecule has 0 radical (unpaired) electrons. The maximum absolute atomic E-state index is 12.7. The number of pyridine rings is 1. The highest BCUT2D eigenvalue weighted by atomic mass is 32.2. The van der Waals surface area contributed by atoms with E-state index in [0.29, 0.717) is 41.2 Å². The Morgan fingerprint density at radius 3 is 2.60 bits per heavy atom. The van der Waals surface area contributed by atoms with E-state index in [1.165, 1.54) is 18.5 Å². The molecule has 3 heterocycles. The topological polar surface area (TPSA) is 135 Å². The highest BCUT2D eigenvalue weighted by Gasteiger charge is 2.26. The summed E-state index contributed by atoms with van der Waals surface area (Å²) in [4.78, 5) is 40.9. The second-order valence-corrected chi connectivity index (χ2v) is 10.8. The number of fused-ring (bicyclic) bond motifs is 1. The average molecular weight is 499 g/mol. The van der Waals surface area contributed by atoms with E-state index < -0.39 is 21.8 Å². The highest BCUT2D eigenvalue weighted by molar-refractivity contribution is 7.87. The Balaban J connectivity index is 1.67. The van der Waals surface area contributed by atoms with Gasteiger partial charge in [-0.2, -0.15) is 8.42 Å². The lowest BCUT2D eigenvalue weighted by molar-refractivity contribution is -0.129. The summed E-state index contributed by atoms with van der Waals surface area (Å²) in [5.41, 5.74) is 1.41. The Bertz CT molecular complexity index is 1400. The number of carbonyl (C=O) groups excluding carboxylic acids is 2. The predicted octanol–water partition coefficient (Wildman–Crippen LogP) is 2.18. The lowest BCUT2D eigenvalue weighted by Crippen LogP contribution is -2.49. The van der Waals surface area contributed by atoms with Crippen LogP contribution in [0.3, 0.4) is 0 Å². The van der Waals surface area contributed by atoms with Crippen molar-refractivity contribution in [1.82, 2.24) is 25.2 Å². The van der Waals surface area contributed by atoms with Gasteiger partial charge in [-0.05, 0) is 45.0 Å². The fourth-order valence-electron chi connectivity index (χ4n) is 3.54. The fourth-order valence-corrected chi connectivity index (χ4v) is 4.40. The maximum Gasteiger partial charge on any atom is 0.423 e. The monoisotopic (exact) mass is 498 g/mol. The molecule has 1 aromatic carbocycles. The fraction of sp³-hybridized carbons (Fsp3) is 0.348. The summed E-state index contributed by atoms with van der Waals surface area (Å²) >= 11 is 0. The number of hydrogen-bond acceptors (Lipinski definition) is 9. The number of nitrogens with one attached hydrogen (secondary N) is 1. The maximum atomic E-state index is 12.7. The molecule has 12 heteroatoms. The lowest BCUT2D eigenvalue weighted by Gasteiger charge is -2.32. The van der Waals surface area contributed by atoms with Gasteiger partial charge in [0.25, 0.3) is 0 Å². The molecule has 0 aliphatic carbocycles. The Morgan fingerprint density at radius 2 is 1.89 bits per heavy atom. The summed E-state index contributed by atoms with van der Waals surface area (Å²) in [5.74, 6) is 0.511. The molecule has 4 rings (SSSR count). The van der Waals surface area contributed by atoms with Crippen LogP contribution in [0.4, 0.5) is 10.6 Å². The van der Waals surface area contributed by atoms with Crippen LogP contribution in [0.2, 0.25) is 0 Å². The van der Waals surface area contributed by atoms with E-state index in [1.54, 1.807) is 57.0 Å². The summed E-state index contributed by atoms with van der Waals surface area (Å²) in [6.45, 7) is 6.47. The molecule has 2 amide bonds. The third-order valence-corrected chi connectivity index (χ3v) is 6.50. The van der Waals surface area contributed by atoms with Crippen LogP contribution in [0, 0.1) is 0 Å². The molecule has 11 nitrogen and oxygen atoms in total. The van der Waals surface area contributed by atoms with Crippen molar-refractivity contribution < 1.29 is 22.2 Å². The molecule has 1 aliphatic rings. The molecule has 0 unspecified atom stereocenters. The van der Waals surface area contributed by atoms with E-state index in [4.69, 9.17) is 9.17 Å². The molecule has 184 valence electrons. The first kappa shape index (κ1) is 24.3. The van der Waals surface area contributed by atoms with Crippen LogP contribution < -0.4 is 10.2 Å². The van der Waals surface area contributed by atoms with Crippen LogP contribution in [0.15, 0.2) is 47.6 Å². The van der Waals surface area contributed by atoms with Crippen molar-refractivity contribution in [3.05, 3.63) is 42.7 Å². The van der Waals surface area contributed by atoms with Gasteiger partial charge in [0.05, 0.1) is 17.8 Å². The zero-order valence-corrected chi connectivity index (χ0v) is 20.7. The van der Waals surface area contributed by atoms with Gasteiger partial charge >= 0.3 is 16.2 Å². The summed E-state index contributed by atoms with van der Waals surface area (Å²) in [6, 6.07) is 9.44. The van der Waals surface area contributed by atoms with Crippen molar-refractivity contribution in [1.29, 1.82) is 0 Å². The van der Waals surface area contributed by atoms with Gasteiger partial charge in [-0.15, -0.1) is 0 Å². The van der Waals surface area contributed by atoms with Crippen LogP contribution in [0.25, 0.3) is 22.3 Å². The molecule has 0 bridgehead atoms. The summed E-state index contributed by atoms with van der Waals surface area (Å²) in [5, 5.41) is 2.46. The quantitative estimate of drug-likeness (QED) is 0.537. The van der Waals surface area contributed by atoms with Gasteiger partial charge in [0.1, 0.15) is 16.7 Å². The summed E-state index contributed by atoms with van der Waals surface area (Å²) < 4.78 is 30.1. The third kappa shape index (κ3) is 5.48. The molecule has 0 spiro atoms. The highest BCUT2D eigenvalue weighted by Crippen LogP contribution is 2.27. The number of likely N-dealkylation sites (N-methyl/N-ethyl adjacent to an activating group) is 1. The van der Waals surface area contributed by atoms with Gasteiger partial charge in [0.15, 0.2) is 5.82 Å². The number of amides is 2. The minimum Gasteiger partial charge on any atom is -0.344 e. The van der Waals surface area contributed by atoms with E-state index in [-0.39, 0.29) is 17.3 Å². The number of anilines is 1. The first-order valence-electron chi connectivity index (χ1n) is 10.9. The van der Waals surface area contributed by atoms with Crippen LogP contribution in [0.1, 0.15) is 20.8 Å². The van der Waals surface area contributed by atoms with Crippen LogP contribution >= 0.6 is 0 Å². The van der Waals surface area contributed by atoms with E-state index >= 15 is 0 Å². The van der Waals surface area contributed by atoms with Crippen molar-refractivity contribution in [3.8, 4) is 11.3 Å². The number of benzene rings is 1. The molecule has 1 saturated heterocycles. The normalized spacial score (nSPS) is 14.8.